The molecule has 17 heavy (non-hydrogen) atoms. The first kappa shape index (κ1) is 17.2. The topological polar surface area (TPSA) is 61.7 Å². The van der Waals surface area contributed by atoms with Crippen LogP contribution in [0, 0.1) is 0 Å². The molecule has 0 aliphatic heterocycles. The molecule has 0 bridgehead atoms. The second-order valence-electron chi connectivity index (χ2n) is 4.24. The number of aliphatic hydroxyl groups is 2. The lowest BCUT2D eigenvalue weighted by Crippen LogP contribution is -2.42. The molecule has 0 radical (unpaired) electrons. The summed E-state index contributed by atoms with van der Waals surface area (Å²) in [4.78, 5) is 0. The highest BCUT2D eigenvalue weighted by atomic mass is 32.2. The molecule has 104 valence electrons. The van der Waals surface area contributed by atoms with E-state index in [9.17, 15) is 5.11 Å². The summed E-state index contributed by atoms with van der Waals surface area (Å²) in [5.41, 5.74) is 0. The molecule has 0 aliphatic carbocycles. The van der Waals surface area contributed by atoms with Gasteiger partial charge in [-0.1, -0.05) is 13.3 Å². The maximum Gasteiger partial charge on any atom is 0.0897 e. The van der Waals surface area contributed by atoms with Crippen LogP contribution in [0.15, 0.2) is 0 Å². The van der Waals surface area contributed by atoms with Gasteiger partial charge in [0.2, 0.25) is 0 Å². The number of aliphatic hydroxyl groups excluding tert-OH is 2. The Balaban J connectivity index is 3.57. The van der Waals surface area contributed by atoms with Crippen LogP contribution in [0.3, 0.4) is 0 Å². The van der Waals surface area contributed by atoms with Crippen LogP contribution in [0.4, 0.5) is 0 Å². The Morgan fingerprint density at radius 2 is 2.12 bits per heavy atom. The third-order valence-corrected chi connectivity index (χ3v) is 3.83. The molecule has 0 amide bonds. The molecule has 0 aromatic rings. The molecule has 0 saturated carbocycles. The van der Waals surface area contributed by atoms with E-state index < -0.39 is 6.10 Å². The fraction of sp³-hybridized carbons (Fsp3) is 1.00. The van der Waals surface area contributed by atoms with Gasteiger partial charge < -0.3 is 20.3 Å². The van der Waals surface area contributed by atoms with Crippen LogP contribution in [0.25, 0.3) is 0 Å². The minimum atomic E-state index is -0.476. The Hall–Kier alpha value is 0.190. The molecule has 3 unspecified atom stereocenters. The number of nitrogens with one attached hydrogen (secondary N) is 1. The molecule has 0 saturated heterocycles. The Labute approximate surface area is 109 Å². The molecule has 4 nitrogen and oxygen atoms in total. The van der Waals surface area contributed by atoms with Gasteiger partial charge >= 0.3 is 0 Å². The van der Waals surface area contributed by atoms with E-state index in [1.807, 2.05) is 13.2 Å². The van der Waals surface area contributed by atoms with Crippen LogP contribution >= 0.6 is 11.8 Å². The minimum absolute atomic E-state index is 0.151. The zero-order valence-corrected chi connectivity index (χ0v) is 12.0. The molecule has 0 aromatic carbocycles. The molecule has 0 spiro atoms. The van der Waals surface area contributed by atoms with Crippen molar-refractivity contribution in [2.24, 2.45) is 0 Å². The fourth-order valence-corrected chi connectivity index (χ4v) is 2.07. The second kappa shape index (κ2) is 11.3. The molecular weight excluding hydrogens is 238 g/mol. The van der Waals surface area contributed by atoms with Crippen molar-refractivity contribution in [3.8, 4) is 0 Å². The second-order valence-corrected chi connectivity index (χ2v) is 5.31. The maximum absolute atomic E-state index is 9.67. The zero-order chi connectivity index (χ0) is 13.1. The van der Waals surface area contributed by atoms with E-state index >= 15 is 0 Å². The largest absolute Gasteiger partial charge is 0.395 e. The van der Waals surface area contributed by atoms with E-state index in [0.29, 0.717) is 19.8 Å². The van der Waals surface area contributed by atoms with E-state index in [1.165, 1.54) is 0 Å². The summed E-state index contributed by atoms with van der Waals surface area (Å²) in [6.07, 6.45) is 3.64. The molecule has 0 fully saturated rings. The van der Waals surface area contributed by atoms with Crippen LogP contribution in [0.2, 0.25) is 0 Å². The average Bonchev–Trinajstić information content (AvgIpc) is 2.33. The molecule has 3 N–H and O–H groups in total. The first-order chi connectivity index (χ1) is 8.15. The molecule has 0 heterocycles. The van der Waals surface area contributed by atoms with Crippen molar-refractivity contribution in [1.82, 2.24) is 5.32 Å². The van der Waals surface area contributed by atoms with Crippen LogP contribution in [-0.4, -0.2) is 60.2 Å². The molecular formula is C12H27NO3S. The van der Waals surface area contributed by atoms with Crippen molar-refractivity contribution < 1.29 is 14.9 Å². The maximum atomic E-state index is 9.67. The Bertz CT molecular complexity index is 168. The standard InChI is InChI=1S/C12H27NO3S/c1-4-5-6-16-9-11(15)7-13-10(2)12(8-14)17-3/h10-15H,4-9H2,1-3H3. The number of hydrogen-bond donors (Lipinski definition) is 3. The third kappa shape index (κ3) is 8.85. The van der Waals surface area contributed by atoms with Crippen LogP contribution in [-0.2, 0) is 4.74 Å². The van der Waals surface area contributed by atoms with Gasteiger partial charge in [0.05, 0.1) is 19.3 Å². The van der Waals surface area contributed by atoms with Gasteiger partial charge in [0.15, 0.2) is 0 Å². The van der Waals surface area contributed by atoms with Gasteiger partial charge in [-0.15, -0.1) is 0 Å². The van der Waals surface area contributed by atoms with Crippen molar-refractivity contribution >= 4 is 11.8 Å². The van der Waals surface area contributed by atoms with Crippen molar-refractivity contribution in [2.75, 3.05) is 32.6 Å². The first-order valence-electron chi connectivity index (χ1n) is 6.28. The fourth-order valence-electron chi connectivity index (χ4n) is 1.41. The minimum Gasteiger partial charge on any atom is -0.395 e. The lowest BCUT2D eigenvalue weighted by Gasteiger charge is -2.23. The molecule has 5 heteroatoms. The number of unbranched alkanes of at least 4 members (excludes halogenated alkanes) is 1. The van der Waals surface area contributed by atoms with E-state index in [4.69, 9.17) is 9.84 Å². The summed E-state index contributed by atoms with van der Waals surface area (Å²) < 4.78 is 5.34. The molecule has 0 rings (SSSR count). The summed E-state index contributed by atoms with van der Waals surface area (Å²) in [7, 11) is 0. The molecule has 0 aliphatic rings. The van der Waals surface area contributed by atoms with Gasteiger partial charge in [-0.3, -0.25) is 0 Å². The normalized spacial score (nSPS) is 16.8. The van der Waals surface area contributed by atoms with Gasteiger partial charge in [0.1, 0.15) is 0 Å². The highest BCUT2D eigenvalue weighted by Gasteiger charge is 2.15. The third-order valence-electron chi connectivity index (χ3n) is 2.67. The van der Waals surface area contributed by atoms with E-state index in [1.54, 1.807) is 11.8 Å². The van der Waals surface area contributed by atoms with Gasteiger partial charge in [-0.05, 0) is 19.6 Å². The predicted octanol–water partition coefficient (Wildman–Crippen LogP) is 0.866. The lowest BCUT2D eigenvalue weighted by molar-refractivity contribution is 0.0346. The lowest BCUT2D eigenvalue weighted by atomic mass is 10.2. The smallest absolute Gasteiger partial charge is 0.0897 e. The summed E-state index contributed by atoms with van der Waals surface area (Å²) >= 11 is 1.63. The van der Waals surface area contributed by atoms with Gasteiger partial charge in [-0.2, -0.15) is 11.8 Å². The monoisotopic (exact) mass is 265 g/mol. The number of ether oxygens (including phenoxy) is 1. The zero-order valence-electron chi connectivity index (χ0n) is 11.2. The van der Waals surface area contributed by atoms with Crippen molar-refractivity contribution in [2.45, 2.75) is 44.1 Å². The Morgan fingerprint density at radius 3 is 2.65 bits per heavy atom. The van der Waals surface area contributed by atoms with Crippen LogP contribution in [0.5, 0.6) is 0 Å². The predicted molar refractivity (Wildman–Crippen MR) is 73.6 cm³/mol. The van der Waals surface area contributed by atoms with Crippen molar-refractivity contribution in [1.29, 1.82) is 0 Å². The highest BCUT2D eigenvalue weighted by Crippen LogP contribution is 2.09. The van der Waals surface area contributed by atoms with E-state index in [2.05, 4.69) is 12.2 Å². The van der Waals surface area contributed by atoms with Gasteiger partial charge in [0, 0.05) is 24.4 Å². The Kier molecular flexibility index (Phi) is 11.4. The van der Waals surface area contributed by atoms with Crippen LogP contribution in [0.1, 0.15) is 26.7 Å². The van der Waals surface area contributed by atoms with E-state index in [-0.39, 0.29) is 17.9 Å². The Morgan fingerprint density at radius 1 is 1.41 bits per heavy atom. The quantitative estimate of drug-likeness (QED) is 0.484. The van der Waals surface area contributed by atoms with E-state index in [0.717, 1.165) is 12.8 Å². The van der Waals surface area contributed by atoms with Gasteiger partial charge in [-0.25, -0.2) is 0 Å². The molecule has 3 atom stereocenters. The number of rotatable bonds is 11. The summed E-state index contributed by atoms with van der Waals surface area (Å²) in [5, 5.41) is 22.2. The first-order valence-corrected chi connectivity index (χ1v) is 7.57. The van der Waals surface area contributed by atoms with Crippen LogP contribution < -0.4 is 5.32 Å². The van der Waals surface area contributed by atoms with Crippen molar-refractivity contribution in [3.63, 3.8) is 0 Å². The van der Waals surface area contributed by atoms with Gasteiger partial charge in [0.25, 0.3) is 0 Å². The molecule has 0 aromatic heterocycles. The summed E-state index contributed by atoms with van der Waals surface area (Å²) in [5.74, 6) is 0. The number of thioether (sulfide) groups is 1. The SMILES string of the molecule is CCCCOCC(O)CNC(C)C(CO)SC. The summed E-state index contributed by atoms with van der Waals surface area (Å²) in [6.45, 7) is 5.88. The summed E-state index contributed by atoms with van der Waals surface area (Å²) in [6, 6.07) is 0.181. The average molecular weight is 265 g/mol. The highest BCUT2D eigenvalue weighted by molar-refractivity contribution is 7.99. The number of hydrogen-bond acceptors (Lipinski definition) is 5. The van der Waals surface area contributed by atoms with Crippen molar-refractivity contribution in [3.05, 3.63) is 0 Å².